The highest BCUT2D eigenvalue weighted by Gasteiger charge is 2.14. The van der Waals surface area contributed by atoms with Crippen molar-refractivity contribution in [3.05, 3.63) is 59.9 Å². The zero-order chi connectivity index (χ0) is 17.6. The van der Waals surface area contributed by atoms with E-state index in [0.29, 0.717) is 23.6 Å². The van der Waals surface area contributed by atoms with Crippen LogP contribution in [0.1, 0.15) is 22.5 Å². The number of carbonyl (C=O) groups excluding carboxylic acids is 1. The van der Waals surface area contributed by atoms with Crippen molar-refractivity contribution in [1.82, 2.24) is 5.32 Å². The third-order valence-corrected chi connectivity index (χ3v) is 4.01. The topological polar surface area (TPSA) is 60.7 Å². The van der Waals surface area contributed by atoms with Crippen LogP contribution >= 0.6 is 0 Å². The number of methoxy groups -OCH3 is 2. The highest BCUT2D eigenvalue weighted by molar-refractivity contribution is 5.97. The van der Waals surface area contributed by atoms with Gasteiger partial charge in [-0.2, -0.15) is 0 Å². The molecule has 0 fully saturated rings. The first-order chi connectivity index (χ1) is 12.2. The van der Waals surface area contributed by atoms with Gasteiger partial charge in [-0.25, -0.2) is 0 Å². The second-order valence-corrected chi connectivity index (χ2v) is 5.70. The standard InChI is InChI=1S/C20H21NO4/c1-23-16-9-3-6-14(12-16)7-5-11-21-20(22)18-13-15-8-4-10-17(24-2)19(15)25-18/h3-4,6,8-10,12-13H,5,7,11H2,1-2H3,(H,21,22). The van der Waals surface area contributed by atoms with Gasteiger partial charge in [0.05, 0.1) is 14.2 Å². The van der Waals surface area contributed by atoms with Crippen LogP contribution in [0.2, 0.25) is 0 Å². The van der Waals surface area contributed by atoms with Gasteiger partial charge in [0.25, 0.3) is 5.91 Å². The summed E-state index contributed by atoms with van der Waals surface area (Å²) in [5.41, 5.74) is 1.77. The van der Waals surface area contributed by atoms with E-state index in [1.54, 1.807) is 20.3 Å². The van der Waals surface area contributed by atoms with E-state index in [1.165, 1.54) is 5.56 Å². The van der Waals surface area contributed by atoms with Crippen LogP contribution in [0.25, 0.3) is 11.0 Å². The first kappa shape index (κ1) is 16.9. The van der Waals surface area contributed by atoms with Gasteiger partial charge in [0.15, 0.2) is 17.1 Å². The molecule has 0 aliphatic rings. The molecule has 5 nitrogen and oxygen atoms in total. The molecule has 0 saturated carbocycles. The lowest BCUT2D eigenvalue weighted by molar-refractivity contribution is 0.0927. The van der Waals surface area contributed by atoms with E-state index in [9.17, 15) is 4.79 Å². The van der Waals surface area contributed by atoms with E-state index in [2.05, 4.69) is 11.4 Å². The lowest BCUT2D eigenvalue weighted by atomic mass is 10.1. The number of fused-ring (bicyclic) bond motifs is 1. The molecule has 2 aromatic carbocycles. The van der Waals surface area contributed by atoms with Gasteiger partial charge in [-0.05, 0) is 42.7 Å². The molecule has 0 aliphatic heterocycles. The average Bonchev–Trinajstić information content (AvgIpc) is 3.09. The lowest BCUT2D eigenvalue weighted by Gasteiger charge is -2.05. The average molecular weight is 339 g/mol. The third-order valence-electron chi connectivity index (χ3n) is 4.01. The molecule has 3 rings (SSSR count). The van der Waals surface area contributed by atoms with Gasteiger partial charge in [-0.3, -0.25) is 4.79 Å². The number of para-hydroxylation sites is 1. The fourth-order valence-corrected chi connectivity index (χ4v) is 2.72. The minimum atomic E-state index is -0.219. The van der Waals surface area contributed by atoms with Crippen LogP contribution < -0.4 is 14.8 Å². The lowest BCUT2D eigenvalue weighted by Crippen LogP contribution is -2.24. The van der Waals surface area contributed by atoms with E-state index < -0.39 is 0 Å². The molecule has 25 heavy (non-hydrogen) atoms. The summed E-state index contributed by atoms with van der Waals surface area (Å²) in [6.45, 7) is 0.574. The number of aryl methyl sites for hydroxylation is 1. The van der Waals surface area contributed by atoms with Gasteiger partial charge in [0, 0.05) is 11.9 Å². The highest BCUT2D eigenvalue weighted by Crippen LogP contribution is 2.28. The fourth-order valence-electron chi connectivity index (χ4n) is 2.72. The van der Waals surface area contributed by atoms with Crippen molar-refractivity contribution in [1.29, 1.82) is 0 Å². The monoisotopic (exact) mass is 339 g/mol. The Balaban J connectivity index is 1.56. The van der Waals surface area contributed by atoms with E-state index in [-0.39, 0.29) is 5.91 Å². The molecular weight excluding hydrogens is 318 g/mol. The summed E-state index contributed by atoms with van der Waals surface area (Å²) in [6.07, 6.45) is 1.70. The van der Waals surface area contributed by atoms with E-state index >= 15 is 0 Å². The van der Waals surface area contributed by atoms with Crippen molar-refractivity contribution in [2.45, 2.75) is 12.8 Å². The summed E-state index contributed by atoms with van der Waals surface area (Å²) in [7, 11) is 3.23. The van der Waals surface area contributed by atoms with Crippen molar-refractivity contribution >= 4 is 16.9 Å². The number of hydrogen-bond donors (Lipinski definition) is 1. The Bertz CT molecular complexity index is 869. The van der Waals surface area contributed by atoms with Crippen molar-refractivity contribution in [3.63, 3.8) is 0 Å². The predicted octanol–water partition coefficient (Wildman–Crippen LogP) is 3.81. The zero-order valence-electron chi connectivity index (χ0n) is 14.4. The SMILES string of the molecule is COc1cccc(CCCNC(=O)c2cc3cccc(OC)c3o2)c1. The number of ether oxygens (including phenoxy) is 2. The smallest absolute Gasteiger partial charge is 0.287 e. The fraction of sp³-hybridized carbons (Fsp3) is 0.250. The normalized spacial score (nSPS) is 10.6. The maximum atomic E-state index is 12.3. The minimum Gasteiger partial charge on any atom is -0.497 e. The van der Waals surface area contributed by atoms with Crippen LogP contribution in [0.3, 0.4) is 0 Å². The second kappa shape index (κ2) is 7.75. The van der Waals surface area contributed by atoms with Crippen molar-refractivity contribution in [2.24, 2.45) is 0 Å². The van der Waals surface area contributed by atoms with Crippen molar-refractivity contribution in [2.75, 3.05) is 20.8 Å². The number of amides is 1. The molecule has 0 atom stereocenters. The number of rotatable bonds is 7. The van der Waals surface area contributed by atoms with Crippen LogP contribution in [-0.4, -0.2) is 26.7 Å². The number of carbonyl (C=O) groups is 1. The summed E-state index contributed by atoms with van der Waals surface area (Å²) in [5, 5.41) is 3.74. The van der Waals surface area contributed by atoms with Gasteiger partial charge in [0.2, 0.25) is 0 Å². The Morgan fingerprint density at radius 3 is 2.72 bits per heavy atom. The molecule has 1 N–H and O–H groups in total. The molecule has 0 bridgehead atoms. The highest BCUT2D eigenvalue weighted by atomic mass is 16.5. The molecule has 1 heterocycles. The summed E-state index contributed by atoms with van der Waals surface area (Å²) in [6, 6.07) is 15.2. The molecule has 1 aromatic heterocycles. The van der Waals surface area contributed by atoms with Gasteiger partial charge in [0.1, 0.15) is 5.75 Å². The molecule has 5 heteroatoms. The summed E-state index contributed by atoms with van der Waals surface area (Å²) in [5.74, 6) is 1.54. The molecule has 3 aromatic rings. The van der Waals surface area contributed by atoms with Crippen LogP contribution in [0.15, 0.2) is 52.9 Å². The molecule has 0 saturated heterocycles. The predicted molar refractivity (Wildman–Crippen MR) is 96.4 cm³/mol. The maximum absolute atomic E-state index is 12.3. The Labute approximate surface area is 146 Å². The van der Waals surface area contributed by atoms with E-state index in [0.717, 1.165) is 24.0 Å². The largest absolute Gasteiger partial charge is 0.497 e. The van der Waals surface area contributed by atoms with Gasteiger partial charge < -0.3 is 19.2 Å². The van der Waals surface area contributed by atoms with Gasteiger partial charge in [-0.1, -0.05) is 24.3 Å². The molecule has 1 amide bonds. The Morgan fingerprint density at radius 1 is 1.08 bits per heavy atom. The molecule has 0 aliphatic carbocycles. The maximum Gasteiger partial charge on any atom is 0.287 e. The number of furan rings is 1. The van der Waals surface area contributed by atoms with Crippen LogP contribution in [0.5, 0.6) is 11.5 Å². The molecular formula is C20H21NO4. The summed E-state index contributed by atoms with van der Waals surface area (Å²) >= 11 is 0. The molecule has 0 radical (unpaired) electrons. The van der Waals surface area contributed by atoms with Crippen LogP contribution in [0, 0.1) is 0 Å². The van der Waals surface area contributed by atoms with Crippen molar-refractivity contribution in [3.8, 4) is 11.5 Å². The van der Waals surface area contributed by atoms with Crippen LogP contribution in [-0.2, 0) is 6.42 Å². The number of benzene rings is 2. The van der Waals surface area contributed by atoms with Gasteiger partial charge in [-0.15, -0.1) is 0 Å². The first-order valence-electron chi connectivity index (χ1n) is 8.19. The summed E-state index contributed by atoms with van der Waals surface area (Å²) < 4.78 is 16.1. The Morgan fingerprint density at radius 2 is 1.92 bits per heavy atom. The molecule has 0 spiro atoms. The van der Waals surface area contributed by atoms with E-state index in [1.807, 2.05) is 36.4 Å². The molecule has 130 valence electrons. The number of nitrogens with one attached hydrogen (secondary N) is 1. The zero-order valence-corrected chi connectivity index (χ0v) is 14.4. The Kier molecular flexibility index (Phi) is 5.23. The minimum absolute atomic E-state index is 0.219. The van der Waals surface area contributed by atoms with Crippen molar-refractivity contribution < 1.29 is 18.7 Å². The van der Waals surface area contributed by atoms with Crippen LogP contribution in [0.4, 0.5) is 0 Å². The molecule has 0 unspecified atom stereocenters. The Hall–Kier alpha value is -2.95. The summed E-state index contributed by atoms with van der Waals surface area (Å²) in [4.78, 5) is 12.3. The number of hydrogen-bond acceptors (Lipinski definition) is 4. The van der Waals surface area contributed by atoms with E-state index in [4.69, 9.17) is 13.9 Å². The second-order valence-electron chi connectivity index (χ2n) is 5.70. The third kappa shape index (κ3) is 3.94. The van der Waals surface area contributed by atoms with Gasteiger partial charge >= 0.3 is 0 Å². The quantitative estimate of drug-likeness (QED) is 0.665. The first-order valence-corrected chi connectivity index (χ1v) is 8.19.